The monoisotopic (exact) mass is 384 g/mol. The number of aromatic nitrogens is 3. The predicted molar refractivity (Wildman–Crippen MR) is 111 cm³/mol. The molecule has 0 amide bonds. The molecule has 0 saturated carbocycles. The van der Waals surface area contributed by atoms with Crippen molar-refractivity contribution in [3.8, 4) is 11.4 Å². The van der Waals surface area contributed by atoms with Gasteiger partial charge in [-0.05, 0) is 51.0 Å². The summed E-state index contributed by atoms with van der Waals surface area (Å²) in [5.74, 6) is 1.92. The Balaban J connectivity index is 1.71. The van der Waals surface area contributed by atoms with Crippen LogP contribution in [0.5, 0.6) is 0 Å². The molecule has 1 saturated heterocycles. The molecule has 1 aliphatic heterocycles. The van der Waals surface area contributed by atoms with Gasteiger partial charge in [0.2, 0.25) is 0 Å². The van der Waals surface area contributed by atoms with Gasteiger partial charge in [-0.1, -0.05) is 17.7 Å². The molecule has 3 aromatic rings. The number of pyridine rings is 1. The van der Waals surface area contributed by atoms with Crippen molar-refractivity contribution < 1.29 is 4.74 Å². The molecular formula is C21H25ClN4O. The van der Waals surface area contributed by atoms with Crippen LogP contribution in [0.2, 0.25) is 5.02 Å². The number of hydrogen-bond donors (Lipinski definition) is 0. The molecule has 0 bridgehead atoms. The molecule has 0 spiro atoms. The summed E-state index contributed by atoms with van der Waals surface area (Å²) in [5.41, 5.74) is 2.84. The average molecular weight is 385 g/mol. The molecule has 142 valence electrons. The molecule has 3 heterocycles. The molecule has 1 aromatic carbocycles. The second-order valence-corrected chi connectivity index (χ2v) is 7.39. The summed E-state index contributed by atoms with van der Waals surface area (Å²) in [7, 11) is 0. The van der Waals surface area contributed by atoms with Gasteiger partial charge in [0.25, 0.3) is 0 Å². The number of ether oxygens (including phenoxy) is 1. The Bertz CT molecular complexity index is 922. The highest BCUT2D eigenvalue weighted by atomic mass is 35.5. The first kappa shape index (κ1) is 18.3. The van der Waals surface area contributed by atoms with Crippen molar-refractivity contribution in [1.29, 1.82) is 0 Å². The lowest BCUT2D eigenvalue weighted by atomic mass is 10.2. The first-order valence-corrected chi connectivity index (χ1v) is 10.0. The van der Waals surface area contributed by atoms with Gasteiger partial charge in [0.1, 0.15) is 17.2 Å². The molecular weight excluding hydrogens is 360 g/mol. The minimum Gasteiger partial charge on any atom is -0.380 e. The second-order valence-electron chi connectivity index (χ2n) is 6.98. The highest BCUT2D eigenvalue weighted by Gasteiger charge is 2.22. The van der Waals surface area contributed by atoms with Crippen molar-refractivity contribution in [3.05, 3.63) is 41.6 Å². The molecule has 6 heteroatoms. The highest BCUT2D eigenvalue weighted by molar-refractivity contribution is 6.35. The van der Waals surface area contributed by atoms with E-state index >= 15 is 0 Å². The van der Waals surface area contributed by atoms with Crippen LogP contribution in [-0.2, 0) is 11.3 Å². The predicted octanol–water partition coefficient (Wildman–Crippen LogP) is 4.78. The Morgan fingerprint density at radius 3 is 2.85 bits per heavy atom. The van der Waals surface area contributed by atoms with Crippen LogP contribution in [0.4, 0.5) is 5.82 Å². The van der Waals surface area contributed by atoms with Crippen LogP contribution in [0.3, 0.4) is 0 Å². The normalized spacial score (nSPS) is 17.1. The van der Waals surface area contributed by atoms with Gasteiger partial charge in [0.15, 0.2) is 0 Å². The maximum Gasteiger partial charge on any atom is 0.142 e. The van der Waals surface area contributed by atoms with Gasteiger partial charge in [-0.3, -0.25) is 0 Å². The Kier molecular flexibility index (Phi) is 5.32. The minimum absolute atomic E-state index is 0.554. The van der Waals surface area contributed by atoms with E-state index < -0.39 is 0 Å². The third kappa shape index (κ3) is 3.54. The molecule has 5 nitrogen and oxygen atoms in total. The van der Waals surface area contributed by atoms with Gasteiger partial charge in [-0.2, -0.15) is 0 Å². The number of para-hydroxylation sites is 1. The van der Waals surface area contributed by atoms with E-state index in [-0.39, 0.29) is 0 Å². The molecule has 1 atom stereocenters. The summed E-state index contributed by atoms with van der Waals surface area (Å²) in [6.45, 7) is 7.41. The SMILES string of the molecule is CCOCCn1c(-c2ccc(N3CCCC3C)nc2)nc2c(Cl)cccc21. The Hall–Kier alpha value is -2.11. The molecule has 1 aliphatic rings. The topological polar surface area (TPSA) is 43.2 Å². The lowest BCUT2D eigenvalue weighted by molar-refractivity contribution is 0.140. The van der Waals surface area contributed by atoms with Crippen LogP contribution in [0.1, 0.15) is 26.7 Å². The molecule has 1 fully saturated rings. The summed E-state index contributed by atoms with van der Waals surface area (Å²) in [6, 6.07) is 10.7. The van der Waals surface area contributed by atoms with E-state index in [0.717, 1.165) is 41.3 Å². The number of nitrogens with zero attached hydrogens (tertiary/aromatic N) is 4. The summed E-state index contributed by atoms with van der Waals surface area (Å²) < 4.78 is 7.74. The van der Waals surface area contributed by atoms with Gasteiger partial charge >= 0.3 is 0 Å². The van der Waals surface area contributed by atoms with E-state index in [1.807, 2.05) is 25.3 Å². The lowest BCUT2D eigenvalue weighted by Gasteiger charge is -2.22. The molecule has 27 heavy (non-hydrogen) atoms. The maximum absolute atomic E-state index is 6.39. The fraction of sp³-hybridized carbons (Fsp3) is 0.429. The van der Waals surface area contributed by atoms with Crippen LogP contribution in [0, 0.1) is 0 Å². The first-order chi connectivity index (χ1) is 13.2. The number of halogens is 1. The quantitative estimate of drug-likeness (QED) is 0.574. The van der Waals surface area contributed by atoms with Crippen molar-refractivity contribution in [2.45, 2.75) is 39.3 Å². The molecule has 2 aromatic heterocycles. The zero-order chi connectivity index (χ0) is 18.8. The summed E-state index contributed by atoms with van der Waals surface area (Å²) in [6.07, 6.45) is 4.39. The van der Waals surface area contributed by atoms with Gasteiger partial charge in [0, 0.05) is 37.5 Å². The van der Waals surface area contributed by atoms with E-state index in [2.05, 4.69) is 34.6 Å². The van der Waals surface area contributed by atoms with Crippen molar-refractivity contribution in [2.24, 2.45) is 0 Å². The Labute approximate surface area is 164 Å². The first-order valence-electron chi connectivity index (χ1n) is 9.64. The van der Waals surface area contributed by atoms with Crippen LogP contribution >= 0.6 is 11.6 Å². The van der Waals surface area contributed by atoms with E-state index in [1.165, 1.54) is 12.8 Å². The zero-order valence-corrected chi connectivity index (χ0v) is 16.6. The maximum atomic E-state index is 6.39. The van der Waals surface area contributed by atoms with E-state index in [9.17, 15) is 0 Å². The number of hydrogen-bond acceptors (Lipinski definition) is 4. The van der Waals surface area contributed by atoms with Crippen molar-refractivity contribution in [1.82, 2.24) is 14.5 Å². The lowest BCUT2D eigenvalue weighted by Crippen LogP contribution is -2.26. The number of benzene rings is 1. The van der Waals surface area contributed by atoms with E-state index in [1.54, 1.807) is 0 Å². The van der Waals surface area contributed by atoms with Crippen LogP contribution < -0.4 is 4.90 Å². The highest BCUT2D eigenvalue weighted by Crippen LogP contribution is 2.30. The third-order valence-electron chi connectivity index (χ3n) is 5.25. The number of imidazole rings is 1. The average Bonchev–Trinajstić information content (AvgIpc) is 3.27. The van der Waals surface area contributed by atoms with Crippen molar-refractivity contribution in [2.75, 3.05) is 24.7 Å². The van der Waals surface area contributed by atoms with Gasteiger partial charge in [-0.15, -0.1) is 0 Å². The van der Waals surface area contributed by atoms with Crippen molar-refractivity contribution in [3.63, 3.8) is 0 Å². The van der Waals surface area contributed by atoms with Crippen LogP contribution in [0.25, 0.3) is 22.4 Å². The standard InChI is InChI=1S/C21H25ClN4O/c1-3-27-13-12-26-18-8-4-7-17(22)20(18)24-21(26)16-9-10-19(23-14-16)25-11-5-6-15(25)2/h4,7-10,14-15H,3,5-6,11-13H2,1-2H3. The second kappa shape index (κ2) is 7.87. The Morgan fingerprint density at radius 2 is 2.15 bits per heavy atom. The zero-order valence-electron chi connectivity index (χ0n) is 15.9. The van der Waals surface area contributed by atoms with Crippen molar-refractivity contribution >= 4 is 28.5 Å². The summed E-state index contributed by atoms with van der Waals surface area (Å²) >= 11 is 6.39. The summed E-state index contributed by atoms with van der Waals surface area (Å²) in [5, 5.41) is 0.666. The number of fused-ring (bicyclic) bond motifs is 1. The molecule has 4 rings (SSSR count). The van der Waals surface area contributed by atoms with Gasteiger partial charge < -0.3 is 14.2 Å². The van der Waals surface area contributed by atoms with E-state index in [0.29, 0.717) is 24.3 Å². The van der Waals surface area contributed by atoms with Crippen LogP contribution in [0.15, 0.2) is 36.5 Å². The number of anilines is 1. The number of rotatable bonds is 6. The van der Waals surface area contributed by atoms with Crippen LogP contribution in [-0.4, -0.2) is 40.3 Å². The van der Waals surface area contributed by atoms with Gasteiger partial charge in [0.05, 0.1) is 17.1 Å². The third-order valence-corrected chi connectivity index (χ3v) is 5.55. The smallest absolute Gasteiger partial charge is 0.142 e. The molecule has 0 N–H and O–H groups in total. The Morgan fingerprint density at radius 1 is 1.26 bits per heavy atom. The molecule has 0 radical (unpaired) electrons. The fourth-order valence-electron chi connectivity index (χ4n) is 3.82. The molecule has 1 unspecified atom stereocenters. The molecule has 0 aliphatic carbocycles. The fourth-order valence-corrected chi connectivity index (χ4v) is 4.03. The largest absolute Gasteiger partial charge is 0.380 e. The van der Waals surface area contributed by atoms with Gasteiger partial charge in [-0.25, -0.2) is 9.97 Å². The summed E-state index contributed by atoms with van der Waals surface area (Å²) in [4.78, 5) is 11.9. The van der Waals surface area contributed by atoms with E-state index in [4.69, 9.17) is 26.3 Å². The minimum atomic E-state index is 0.554.